The Morgan fingerprint density at radius 2 is 2.19 bits per heavy atom. The summed E-state index contributed by atoms with van der Waals surface area (Å²) in [4.78, 5) is 34.3. The summed E-state index contributed by atoms with van der Waals surface area (Å²) >= 11 is 1.94. The van der Waals surface area contributed by atoms with Gasteiger partial charge >= 0.3 is 0 Å². The molecule has 8 heteroatoms. The van der Waals surface area contributed by atoms with E-state index in [0.717, 1.165) is 12.8 Å². The zero-order chi connectivity index (χ0) is 15.4. The van der Waals surface area contributed by atoms with Crippen LogP contribution in [0.3, 0.4) is 0 Å². The van der Waals surface area contributed by atoms with Crippen LogP contribution in [0.2, 0.25) is 0 Å². The molecule has 1 aliphatic rings. The predicted molar refractivity (Wildman–Crippen MR) is 83.9 cm³/mol. The van der Waals surface area contributed by atoms with Gasteiger partial charge in [0.25, 0.3) is 11.6 Å². The Morgan fingerprint density at radius 1 is 1.43 bits per heavy atom. The van der Waals surface area contributed by atoms with Crippen LogP contribution < -0.4 is 10.6 Å². The molecule has 2 rings (SSSR count). The van der Waals surface area contributed by atoms with Crippen LogP contribution in [-0.2, 0) is 4.79 Å². The van der Waals surface area contributed by atoms with E-state index in [9.17, 15) is 19.7 Å². The van der Waals surface area contributed by atoms with Crippen LogP contribution in [-0.4, -0.2) is 29.3 Å². The van der Waals surface area contributed by atoms with Gasteiger partial charge in [-0.25, -0.2) is 0 Å². The second-order valence-corrected chi connectivity index (χ2v) is 5.90. The molecular formula is C13H14IN3O4. The second kappa shape index (κ2) is 6.83. The highest BCUT2D eigenvalue weighted by molar-refractivity contribution is 14.1. The number of nitro groups is 1. The van der Waals surface area contributed by atoms with Gasteiger partial charge in [-0.2, -0.15) is 0 Å². The first kappa shape index (κ1) is 15.7. The summed E-state index contributed by atoms with van der Waals surface area (Å²) in [5, 5.41) is 16.2. The Morgan fingerprint density at radius 3 is 2.90 bits per heavy atom. The van der Waals surface area contributed by atoms with Crippen molar-refractivity contribution in [3.05, 3.63) is 37.4 Å². The standard InChI is InChI=1S/C13H14IN3O4/c14-10-5-4-8(17(20)21)7-9(10)12(18)16-11-3-1-2-6-15-13(11)19/h4-5,7,11H,1-3,6H2,(H,15,19)(H,16,18). The Labute approximate surface area is 134 Å². The Balaban J connectivity index is 2.17. The lowest BCUT2D eigenvalue weighted by Crippen LogP contribution is -2.45. The van der Waals surface area contributed by atoms with E-state index < -0.39 is 16.9 Å². The van der Waals surface area contributed by atoms with Crippen molar-refractivity contribution in [3.63, 3.8) is 0 Å². The van der Waals surface area contributed by atoms with Crippen LogP contribution in [0, 0.1) is 13.7 Å². The number of carbonyl (C=O) groups excluding carboxylic acids is 2. The molecule has 7 nitrogen and oxygen atoms in total. The summed E-state index contributed by atoms with van der Waals surface area (Å²) in [6.45, 7) is 0.611. The number of carbonyl (C=O) groups is 2. The van der Waals surface area contributed by atoms with Crippen LogP contribution in [0.4, 0.5) is 5.69 Å². The maximum atomic E-state index is 12.2. The molecule has 1 aromatic rings. The monoisotopic (exact) mass is 403 g/mol. The van der Waals surface area contributed by atoms with Crippen LogP contribution in [0.5, 0.6) is 0 Å². The molecule has 1 aliphatic heterocycles. The average Bonchev–Trinajstić information content (AvgIpc) is 2.64. The van der Waals surface area contributed by atoms with Gasteiger partial charge in [-0.05, 0) is 47.9 Å². The number of non-ortho nitro benzene ring substituents is 1. The van der Waals surface area contributed by atoms with Crippen molar-refractivity contribution in [1.29, 1.82) is 0 Å². The summed E-state index contributed by atoms with van der Waals surface area (Å²) in [5.41, 5.74) is 0.0627. The van der Waals surface area contributed by atoms with Crippen molar-refractivity contribution in [3.8, 4) is 0 Å². The van der Waals surface area contributed by atoms with E-state index in [0.29, 0.717) is 16.5 Å². The number of amides is 2. The molecule has 1 aromatic carbocycles. The van der Waals surface area contributed by atoms with E-state index >= 15 is 0 Å². The lowest BCUT2D eigenvalue weighted by molar-refractivity contribution is -0.384. The van der Waals surface area contributed by atoms with E-state index in [1.54, 1.807) is 0 Å². The molecule has 112 valence electrons. The van der Waals surface area contributed by atoms with E-state index in [-0.39, 0.29) is 17.2 Å². The molecule has 21 heavy (non-hydrogen) atoms. The fourth-order valence-electron chi connectivity index (χ4n) is 2.11. The molecule has 0 bridgehead atoms. The Bertz CT molecular complexity index is 591. The summed E-state index contributed by atoms with van der Waals surface area (Å²) in [6, 6.07) is 3.50. The van der Waals surface area contributed by atoms with E-state index in [1.165, 1.54) is 18.2 Å². The molecule has 0 spiro atoms. The SMILES string of the molecule is O=C(NC1CCCCNC1=O)c1cc([N+](=O)[O-])ccc1I. The number of hydrogen-bond donors (Lipinski definition) is 2. The molecule has 1 fully saturated rings. The molecule has 0 saturated carbocycles. The third kappa shape index (κ3) is 3.90. The van der Waals surface area contributed by atoms with Gasteiger partial charge in [-0.15, -0.1) is 0 Å². The number of hydrogen-bond acceptors (Lipinski definition) is 4. The van der Waals surface area contributed by atoms with Crippen molar-refractivity contribution in [2.45, 2.75) is 25.3 Å². The fourth-order valence-corrected chi connectivity index (χ4v) is 2.69. The van der Waals surface area contributed by atoms with Crippen LogP contribution in [0.15, 0.2) is 18.2 Å². The van der Waals surface area contributed by atoms with Gasteiger partial charge in [0.05, 0.1) is 10.5 Å². The summed E-state index contributed by atoms with van der Waals surface area (Å²) in [5.74, 6) is -0.675. The van der Waals surface area contributed by atoms with Crippen molar-refractivity contribution in [1.82, 2.24) is 10.6 Å². The lowest BCUT2D eigenvalue weighted by atomic mass is 10.1. The smallest absolute Gasteiger partial charge is 0.270 e. The van der Waals surface area contributed by atoms with Crippen molar-refractivity contribution in [2.75, 3.05) is 6.54 Å². The van der Waals surface area contributed by atoms with Gasteiger partial charge < -0.3 is 10.6 Å². The minimum absolute atomic E-state index is 0.147. The molecule has 0 radical (unpaired) electrons. The van der Waals surface area contributed by atoms with Crippen molar-refractivity contribution >= 4 is 40.1 Å². The second-order valence-electron chi connectivity index (χ2n) is 4.73. The number of nitrogens with zero attached hydrogens (tertiary/aromatic N) is 1. The molecule has 2 N–H and O–H groups in total. The van der Waals surface area contributed by atoms with Gasteiger partial charge in [0.2, 0.25) is 5.91 Å². The lowest BCUT2D eigenvalue weighted by Gasteiger charge is -2.15. The Hall–Kier alpha value is -1.71. The highest BCUT2D eigenvalue weighted by atomic mass is 127. The number of nitrogens with one attached hydrogen (secondary N) is 2. The van der Waals surface area contributed by atoms with Gasteiger partial charge in [0.1, 0.15) is 6.04 Å². The maximum absolute atomic E-state index is 12.2. The molecule has 1 heterocycles. The van der Waals surface area contributed by atoms with Crippen molar-refractivity contribution < 1.29 is 14.5 Å². The van der Waals surface area contributed by atoms with E-state index in [4.69, 9.17) is 0 Å². The molecule has 0 aliphatic carbocycles. The number of rotatable bonds is 3. The highest BCUT2D eigenvalue weighted by Gasteiger charge is 2.24. The normalized spacial score (nSPS) is 18.5. The van der Waals surface area contributed by atoms with Crippen LogP contribution in [0.25, 0.3) is 0 Å². The molecule has 0 aromatic heterocycles. The zero-order valence-corrected chi connectivity index (χ0v) is 13.3. The third-order valence-corrected chi connectivity index (χ3v) is 4.19. The minimum Gasteiger partial charge on any atom is -0.354 e. The average molecular weight is 403 g/mol. The van der Waals surface area contributed by atoms with E-state index in [2.05, 4.69) is 10.6 Å². The summed E-state index contributed by atoms with van der Waals surface area (Å²) < 4.78 is 0.602. The third-order valence-electron chi connectivity index (χ3n) is 3.25. The first-order valence-corrected chi connectivity index (χ1v) is 7.59. The maximum Gasteiger partial charge on any atom is 0.270 e. The molecule has 1 saturated heterocycles. The quantitative estimate of drug-likeness (QED) is 0.455. The van der Waals surface area contributed by atoms with Crippen molar-refractivity contribution in [2.24, 2.45) is 0 Å². The number of benzene rings is 1. The summed E-state index contributed by atoms with van der Waals surface area (Å²) in [7, 11) is 0. The molecule has 1 unspecified atom stereocenters. The predicted octanol–water partition coefficient (Wildman–Crippen LogP) is 1.60. The van der Waals surface area contributed by atoms with Gasteiger partial charge in [0.15, 0.2) is 0 Å². The Kier molecular flexibility index (Phi) is 5.10. The first-order chi connectivity index (χ1) is 9.99. The van der Waals surface area contributed by atoms with Gasteiger partial charge in [-0.3, -0.25) is 19.7 Å². The van der Waals surface area contributed by atoms with Crippen LogP contribution in [0.1, 0.15) is 29.6 Å². The number of halogens is 1. The highest BCUT2D eigenvalue weighted by Crippen LogP contribution is 2.20. The van der Waals surface area contributed by atoms with Gasteiger partial charge in [0, 0.05) is 22.2 Å². The number of nitro benzene ring substituents is 1. The molecule has 1 atom stereocenters. The minimum atomic E-state index is -0.588. The fraction of sp³-hybridized carbons (Fsp3) is 0.385. The zero-order valence-electron chi connectivity index (χ0n) is 11.1. The van der Waals surface area contributed by atoms with Gasteiger partial charge in [-0.1, -0.05) is 0 Å². The largest absolute Gasteiger partial charge is 0.354 e. The molecule has 2 amide bonds. The topological polar surface area (TPSA) is 101 Å². The van der Waals surface area contributed by atoms with E-state index in [1.807, 2.05) is 22.6 Å². The summed E-state index contributed by atoms with van der Waals surface area (Å²) in [6.07, 6.45) is 2.30. The van der Waals surface area contributed by atoms with Crippen LogP contribution >= 0.6 is 22.6 Å². The first-order valence-electron chi connectivity index (χ1n) is 6.51. The molecular weight excluding hydrogens is 389 g/mol.